The van der Waals surface area contributed by atoms with Gasteiger partial charge in [-0.3, -0.25) is 4.79 Å². The third-order valence-corrected chi connectivity index (χ3v) is 1.40. The van der Waals surface area contributed by atoms with E-state index < -0.39 is 0 Å². The predicted molar refractivity (Wildman–Crippen MR) is 76.0 cm³/mol. The first-order valence-electron chi connectivity index (χ1n) is 6.52. The molecule has 104 valence electrons. The molecular weight excluding hydrogens is 214 g/mol. The lowest BCUT2D eigenvalue weighted by atomic mass is 10.4. The number of ether oxygens (including phenoxy) is 1. The zero-order valence-corrected chi connectivity index (χ0v) is 12.7. The van der Waals surface area contributed by atoms with Crippen LogP contribution >= 0.6 is 0 Å². The molecule has 0 aromatic heterocycles. The van der Waals surface area contributed by atoms with Crippen molar-refractivity contribution in [1.29, 1.82) is 0 Å². The summed E-state index contributed by atoms with van der Waals surface area (Å²) >= 11 is 0. The van der Waals surface area contributed by atoms with Crippen LogP contribution in [0.15, 0.2) is 12.3 Å². The Labute approximate surface area is 108 Å². The Morgan fingerprint density at radius 2 is 1.65 bits per heavy atom. The molecule has 0 amide bonds. The van der Waals surface area contributed by atoms with Gasteiger partial charge in [0.1, 0.15) is 6.54 Å². The molecule has 0 aliphatic heterocycles. The van der Waals surface area contributed by atoms with Crippen molar-refractivity contribution < 1.29 is 9.53 Å². The third kappa shape index (κ3) is 31.3. The first kappa shape index (κ1) is 21.3. The minimum atomic E-state index is -0.247. The zero-order chi connectivity index (χ0) is 14.3. The van der Waals surface area contributed by atoms with Gasteiger partial charge >= 0.3 is 5.97 Å². The number of nitrogens with one attached hydrogen (secondary N) is 1. The fraction of sp³-hybridized carbons (Fsp3) is 0.786. The molecule has 0 heterocycles. The normalized spacial score (nSPS) is 8.24. The van der Waals surface area contributed by atoms with Crippen LogP contribution in [0.2, 0.25) is 0 Å². The van der Waals surface area contributed by atoms with E-state index in [0.717, 1.165) is 5.70 Å². The highest BCUT2D eigenvalue weighted by Gasteiger charge is 2.03. The van der Waals surface area contributed by atoms with Crippen LogP contribution < -0.4 is 5.32 Å². The molecule has 0 saturated carbocycles. The van der Waals surface area contributed by atoms with Crippen molar-refractivity contribution in [2.24, 2.45) is 0 Å². The van der Waals surface area contributed by atoms with Crippen molar-refractivity contribution in [3.8, 4) is 0 Å². The SMILES string of the molecule is C=C(C)NCC(=O)OC(C)C.CC.CCCC. The number of hydrogen-bond acceptors (Lipinski definition) is 3. The molecule has 0 atom stereocenters. The number of esters is 1. The molecule has 0 aromatic rings. The summed E-state index contributed by atoms with van der Waals surface area (Å²) in [5.74, 6) is -0.247. The van der Waals surface area contributed by atoms with Gasteiger partial charge in [-0.2, -0.15) is 0 Å². The summed E-state index contributed by atoms with van der Waals surface area (Å²) in [5.41, 5.74) is 0.769. The highest BCUT2D eigenvalue weighted by atomic mass is 16.5. The van der Waals surface area contributed by atoms with Gasteiger partial charge in [0.25, 0.3) is 0 Å². The Bertz CT molecular complexity index is 175. The minimum Gasteiger partial charge on any atom is -0.462 e. The van der Waals surface area contributed by atoms with Gasteiger partial charge in [-0.05, 0) is 20.8 Å². The summed E-state index contributed by atoms with van der Waals surface area (Å²) < 4.78 is 4.86. The average molecular weight is 245 g/mol. The van der Waals surface area contributed by atoms with Crippen molar-refractivity contribution in [2.75, 3.05) is 6.54 Å². The molecule has 0 fully saturated rings. The second kappa shape index (κ2) is 17.4. The molecule has 0 rings (SSSR count). The molecule has 0 aliphatic rings. The number of carbonyl (C=O) groups excluding carboxylic acids is 1. The molecule has 0 bridgehead atoms. The molecule has 0 saturated heterocycles. The van der Waals surface area contributed by atoms with E-state index in [1.807, 2.05) is 27.7 Å². The van der Waals surface area contributed by atoms with E-state index in [1.165, 1.54) is 12.8 Å². The Balaban J connectivity index is -0.000000275. The third-order valence-electron chi connectivity index (χ3n) is 1.40. The summed E-state index contributed by atoms with van der Waals surface area (Å²) in [6.07, 6.45) is 2.59. The summed E-state index contributed by atoms with van der Waals surface area (Å²) in [6.45, 7) is 17.6. The minimum absolute atomic E-state index is 0.0468. The first-order valence-corrected chi connectivity index (χ1v) is 6.52. The van der Waals surface area contributed by atoms with Gasteiger partial charge in [-0.25, -0.2) is 0 Å². The van der Waals surface area contributed by atoms with Crippen molar-refractivity contribution in [3.05, 3.63) is 12.3 Å². The molecule has 0 aromatic carbocycles. The quantitative estimate of drug-likeness (QED) is 0.747. The zero-order valence-electron chi connectivity index (χ0n) is 12.7. The Kier molecular flexibility index (Phi) is 21.8. The fourth-order valence-corrected chi connectivity index (χ4v) is 0.528. The maximum Gasteiger partial charge on any atom is 0.325 e. The Morgan fingerprint density at radius 1 is 1.24 bits per heavy atom. The maximum absolute atomic E-state index is 10.8. The van der Waals surface area contributed by atoms with E-state index in [-0.39, 0.29) is 18.6 Å². The van der Waals surface area contributed by atoms with Gasteiger partial charge < -0.3 is 10.1 Å². The van der Waals surface area contributed by atoms with Gasteiger partial charge in [0.15, 0.2) is 0 Å². The summed E-state index contributed by atoms with van der Waals surface area (Å²) in [6, 6.07) is 0. The highest BCUT2D eigenvalue weighted by molar-refractivity contribution is 5.72. The monoisotopic (exact) mass is 245 g/mol. The lowest BCUT2D eigenvalue weighted by molar-refractivity contribution is -0.146. The molecule has 1 N–H and O–H groups in total. The summed E-state index contributed by atoms with van der Waals surface area (Å²) in [5, 5.41) is 2.78. The maximum atomic E-state index is 10.8. The van der Waals surface area contributed by atoms with Gasteiger partial charge in [0.2, 0.25) is 0 Å². The number of carbonyl (C=O) groups is 1. The van der Waals surface area contributed by atoms with Crippen LogP contribution in [0.4, 0.5) is 0 Å². The number of hydrogen-bond donors (Lipinski definition) is 1. The van der Waals surface area contributed by atoms with Crippen LogP contribution in [0.1, 0.15) is 61.3 Å². The molecule has 17 heavy (non-hydrogen) atoms. The van der Waals surface area contributed by atoms with Crippen molar-refractivity contribution in [1.82, 2.24) is 5.32 Å². The van der Waals surface area contributed by atoms with Crippen molar-refractivity contribution in [3.63, 3.8) is 0 Å². The van der Waals surface area contributed by atoms with E-state index in [4.69, 9.17) is 4.74 Å². The summed E-state index contributed by atoms with van der Waals surface area (Å²) in [7, 11) is 0. The molecule has 0 unspecified atom stereocenters. The Morgan fingerprint density at radius 3 is 1.88 bits per heavy atom. The van der Waals surface area contributed by atoms with Gasteiger partial charge in [-0.15, -0.1) is 0 Å². The molecule has 0 radical (unpaired) electrons. The lowest BCUT2D eigenvalue weighted by Gasteiger charge is -2.08. The topological polar surface area (TPSA) is 38.3 Å². The van der Waals surface area contributed by atoms with Gasteiger partial charge in [-0.1, -0.05) is 47.1 Å². The van der Waals surface area contributed by atoms with Gasteiger partial charge in [0.05, 0.1) is 6.10 Å². The molecule has 0 aliphatic carbocycles. The molecule has 3 nitrogen and oxygen atoms in total. The largest absolute Gasteiger partial charge is 0.462 e. The van der Waals surface area contributed by atoms with E-state index in [0.29, 0.717) is 0 Å². The number of rotatable bonds is 5. The van der Waals surface area contributed by atoms with Crippen LogP contribution in [-0.2, 0) is 9.53 Å². The van der Waals surface area contributed by atoms with Crippen LogP contribution in [-0.4, -0.2) is 18.6 Å². The van der Waals surface area contributed by atoms with Crippen LogP contribution in [0.3, 0.4) is 0 Å². The van der Waals surface area contributed by atoms with Crippen LogP contribution in [0, 0.1) is 0 Å². The van der Waals surface area contributed by atoms with E-state index in [1.54, 1.807) is 6.92 Å². The number of allylic oxidation sites excluding steroid dienone is 1. The molecule has 0 spiro atoms. The van der Waals surface area contributed by atoms with Crippen LogP contribution in [0.5, 0.6) is 0 Å². The van der Waals surface area contributed by atoms with E-state index in [9.17, 15) is 4.79 Å². The second-order valence-corrected chi connectivity index (χ2v) is 3.67. The van der Waals surface area contributed by atoms with Crippen molar-refractivity contribution in [2.45, 2.75) is 67.4 Å². The Hall–Kier alpha value is -0.990. The van der Waals surface area contributed by atoms with E-state index in [2.05, 4.69) is 25.7 Å². The summed E-state index contributed by atoms with van der Waals surface area (Å²) in [4.78, 5) is 10.8. The fourth-order valence-electron chi connectivity index (χ4n) is 0.528. The van der Waals surface area contributed by atoms with Crippen LogP contribution in [0.25, 0.3) is 0 Å². The standard InChI is InChI=1S/C8H15NO2.C4H10.C2H6/c1-6(2)9-5-8(10)11-7(3)4;1-3-4-2;1-2/h7,9H,1,5H2,2-4H3;3-4H2,1-2H3;1-2H3. The second-order valence-electron chi connectivity index (χ2n) is 3.67. The first-order chi connectivity index (χ1) is 7.93. The van der Waals surface area contributed by atoms with Crippen molar-refractivity contribution >= 4 is 5.97 Å². The highest BCUT2D eigenvalue weighted by Crippen LogP contribution is 1.88. The van der Waals surface area contributed by atoms with Gasteiger partial charge in [0, 0.05) is 5.70 Å². The smallest absolute Gasteiger partial charge is 0.325 e. The predicted octanol–water partition coefficient (Wildman–Crippen LogP) is 3.89. The molecule has 3 heteroatoms. The average Bonchev–Trinajstić information content (AvgIpc) is 2.28. The van der Waals surface area contributed by atoms with E-state index >= 15 is 0 Å². The molecular formula is C14H31NO2. The number of unbranched alkanes of at least 4 members (excludes halogenated alkanes) is 1. The lowest BCUT2D eigenvalue weighted by Crippen LogP contribution is -2.24.